The number of nitrogens with one attached hydrogen (secondary N) is 1. The fraction of sp³-hybridized carbons (Fsp3) is 0.391. The van der Waals surface area contributed by atoms with Crippen molar-refractivity contribution in [2.45, 2.75) is 19.4 Å². The van der Waals surface area contributed by atoms with Crippen molar-refractivity contribution in [2.75, 3.05) is 39.4 Å². The zero-order valence-electron chi connectivity index (χ0n) is 17.1. The van der Waals surface area contributed by atoms with Crippen molar-refractivity contribution in [3.05, 3.63) is 69.1 Å². The first-order valence-electron chi connectivity index (χ1n) is 10.4. The van der Waals surface area contributed by atoms with E-state index in [0.29, 0.717) is 11.4 Å². The molecule has 1 atom stereocenters. The van der Waals surface area contributed by atoms with Crippen molar-refractivity contribution in [3.63, 3.8) is 0 Å². The number of morpholine rings is 1. The van der Waals surface area contributed by atoms with Crippen LogP contribution in [0.5, 0.6) is 0 Å². The molecule has 1 aromatic carbocycles. The number of ketones is 1. The number of carbonyl (C=O) groups excluding carboxylic acids is 2. The van der Waals surface area contributed by atoms with E-state index in [0.717, 1.165) is 50.4 Å². The van der Waals surface area contributed by atoms with E-state index < -0.39 is 17.7 Å². The highest BCUT2D eigenvalue weighted by molar-refractivity contribution is 7.12. The van der Waals surface area contributed by atoms with Crippen molar-refractivity contribution >= 4 is 23.0 Å². The molecule has 1 saturated heterocycles. The Kier molecular flexibility index (Phi) is 6.32. The number of carbonyl (C=O) groups is 2. The van der Waals surface area contributed by atoms with Gasteiger partial charge in [0.1, 0.15) is 13.1 Å². The first-order chi connectivity index (χ1) is 14.6. The summed E-state index contributed by atoms with van der Waals surface area (Å²) in [7, 11) is 0. The topological polar surface area (TPSA) is 71.3 Å². The highest BCUT2D eigenvalue weighted by atomic mass is 32.1. The van der Waals surface area contributed by atoms with Crippen LogP contribution in [-0.4, -0.2) is 61.1 Å². The maximum absolute atomic E-state index is 13.2. The lowest BCUT2D eigenvalue weighted by Crippen LogP contribution is -3.14. The van der Waals surface area contributed by atoms with E-state index in [9.17, 15) is 14.7 Å². The molecule has 1 fully saturated rings. The summed E-state index contributed by atoms with van der Waals surface area (Å²) < 4.78 is 5.41. The SMILES string of the molecule is Cc1ccc([C@H]2C(C(=O)c3cccs3)=C(O)C(=O)N2CCC[NH+]2CCOCC2)cc1. The molecule has 158 valence electrons. The van der Waals surface area contributed by atoms with Gasteiger partial charge in [-0.1, -0.05) is 35.9 Å². The largest absolute Gasteiger partial charge is 0.503 e. The zero-order valence-corrected chi connectivity index (χ0v) is 17.9. The van der Waals surface area contributed by atoms with Crippen LogP contribution in [0.1, 0.15) is 33.3 Å². The van der Waals surface area contributed by atoms with Gasteiger partial charge in [0.25, 0.3) is 5.91 Å². The second-order valence-electron chi connectivity index (χ2n) is 7.85. The summed E-state index contributed by atoms with van der Waals surface area (Å²) in [6.07, 6.45) is 0.803. The van der Waals surface area contributed by atoms with Crippen LogP contribution >= 0.6 is 11.3 Å². The molecule has 2 aliphatic rings. The number of hydrogen-bond acceptors (Lipinski definition) is 5. The van der Waals surface area contributed by atoms with Gasteiger partial charge in [-0.2, -0.15) is 0 Å². The van der Waals surface area contributed by atoms with Crippen LogP contribution in [-0.2, 0) is 9.53 Å². The summed E-state index contributed by atoms with van der Waals surface area (Å²) in [5, 5.41) is 12.5. The quantitative estimate of drug-likeness (QED) is 0.663. The number of aliphatic hydroxyl groups is 1. The molecule has 0 bridgehead atoms. The Bertz CT molecular complexity index is 931. The molecule has 2 N–H and O–H groups in total. The number of rotatable bonds is 7. The van der Waals surface area contributed by atoms with E-state index in [1.165, 1.54) is 16.2 Å². The number of aliphatic hydroxyl groups excluding tert-OH is 1. The molecule has 0 unspecified atom stereocenters. The average molecular weight is 428 g/mol. The molecule has 1 amide bonds. The standard InChI is InChI=1S/C23H26N2O4S/c1-16-5-7-17(8-6-16)20-19(21(26)18-4-2-15-30-18)22(27)23(28)25(20)10-3-9-24-11-13-29-14-12-24/h2,4-8,15,20,27H,3,9-14H2,1H3/p+1/t20-/m0/s1. The van der Waals surface area contributed by atoms with E-state index in [4.69, 9.17) is 4.74 Å². The molecular weight excluding hydrogens is 400 g/mol. The first-order valence-corrected chi connectivity index (χ1v) is 11.2. The Hall–Kier alpha value is -2.48. The summed E-state index contributed by atoms with van der Waals surface area (Å²) >= 11 is 1.32. The minimum atomic E-state index is -0.563. The minimum absolute atomic E-state index is 0.185. The van der Waals surface area contributed by atoms with E-state index in [2.05, 4.69) is 0 Å². The first kappa shape index (κ1) is 20.8. The van der Waals surface area contributed by atoms with Crippen LogP contribution in [0.4, 0.5) is 0 Å². The van der Waals surface area contributed by atoms with Crippen LogP contribution in [0.15, 0.2) is 53.1 Å². The van der Waals surface area contributed by atoms with E-state index in [-0.39, 0.29) is 11.4 Å². The lowest BCUT2D eigenvalue weighted by Gasteiger charge is -2.28. The molecule has 7 heteroatoms. The summed E-state index contributed by atoms with van der Waals surface area (Å²) in [5.41, 5.74) is 2.13. The fourth-order valence-corrected chi connectivity index (χ4v) is 4.84. The van der Waals surface area contributed by atoms with Gasteiger partial charge in [-0.3, -0.25) is 9.59 Å². The molecule has 3 heterocycles. The van der Waals surface area contributed by atoms with Crippen LogP contribution in [0.25, 0.3) is 0 Å². The Morgan fingerprint density at radius 1 is 1.23 bits per heavy atom. The van der Waals surface area contributed by atoms with Gasteiger partial charge in [0.05, 0.1) is 36.3 Å². The summed E-state index contributed by atoms with van der Waals surface area (Å²) in [6.45, 7) is 6.91. The molecule has 30 heavy (non-hydrogen) atoms. The Balaban J connectivity index is 1.59. The van der Waals surface area contributed by atoms with Gasteiger partial charge in [-0.15, -0.1) is 11.3 Å². The molecule has 2 aliphatic heterocycles. The number of amides is 1. The molecule has 4 rings (SSSR count). The number of Topliss-reactive ketones (excluding diaryl/α,β-unsaturated/α-hetero) is 1. The van der Waals surface area contributed by atoms with Crippen molar-refractivity contribution in [2.24, 2.45) is 0 Å². The molecule has 6 nitrogen and oxygen atoms in total. The Morgan fingerprint density at radius 2 is 1.97 bits per heavy atom. The van der Waals surface area contributed by atoms with Gasteiger partial charge >= 0.3 is 0 Å². The van der Waals surface area contributed by atoms with Gasteiger partial charge in [0.15, 0.2) is 5.76 Å². The third-order valence-corrected chi connectivity index (χ3v) is 6.68. The number of benzene rings is 1. The van der Waals surface area contributed by atoms with Crippen molar-refractivity contribution in [1.29, 1.82) is 0 Å². The number of hydrogen-bond donors (Lipinski definition) is 2. The number of ether oxygens (including phenoxy) is 1. The predicted molar refractivity (Wildman–Crippen MR) is 115 cm³/mol. The van der Waals surface area contributed by atoms with Crippen molar-refractivity contribution in [3.8, 4) is 0 Å². The number of quaternary nitrogens is 1. The van der Waals surface area contributed by atoms with Gasteiger partial charge in [-0.25, -0.2) is 0 Å². The minimum Gasteiger partial charge on any atom is -0.503 e. The highest BCUT2D eigenvalue weighted by Gasteiger charge is 2.43. The molecule has 0 spiro atoms. The summed E-state index contributed by atoms with van der Waals surface area (Å²) in [4.78, 5) is 29.8. The predicted octanol–water partition coefficient (Wildman–Crippen LogP) is 1.94. The smallest absolute Gasteiger partial charge is 0.290 e. The normalized spacial score (nSPS) is 20.2. The summed E-state index contributed by atoms with van der Waals surface area (Å²) in [5.74, 6) is -1.15. The Labute approximate surface area is 180 Å². The number of thiophene rings is 1. The van der Waals surface area contributed by atoms with Crippen LogP contribution in [0.2, 0.25) is 0 Å². The number of nitrogens with zero attached hydrogens (tertiary/aromatic N) is 1. The van der Waals surface area contributed by atoms with Crippen LogP contribution in [0.3, 0.4) is 0 Å². The second-order valence-corrected chi connectivity index (χ2v) is 8.79. The molecule has 2 aromatic rings. The van der Waals surface area contributed by atoms with Crippen molar-refractivity contribution in [1.82, 2.24) is 4.90 Å². The van der Waals surface area contributed by atoms with Crippen LogP contribution < -0.4 is 4.90 Å². The van der Waals surface area contributed by atoms with Gasteiger partial charge in [-0.05, 0) is 23.9 Å². The molecule has 0 saturated carbocycles. The van der Waals surface area contributed by atoms with Crippen molar-refractivity contribution < 1.29 is 24.3 Å². The lowest BCUT2D eigenvalue weighted by atomic mass is 9.94. The molecule has 0 radical (unpaired) electrons. The maximum atomic E-state index is 13.2. The maximum Gasteiger partial charge on any atom is 0.290 e. The lowest BCUT2D eigenvalue weighted by molar-refractivity contribution is -0.908. The number of aryl methyl sites for hydroxylation is 1. The molecule has 0 aliphatic carbocycles. The van der Waals surface area contributed by atoms with Gasteiger partial charge in [0.2, 0.25) is 5.78 Å². The van der Waals surface area contributed by atoms with E-state index in [1.54, 1.807) is 17.0 Å². The van der Waals surface area contributed by atoms with E-state index >= 15 is 0 Å². The van der Waals surface area contributed by atoms with Crippen LogP contribution in [0, 0.1) is 6.92 Å². The summed E-state index contributed by atoms with van der Waals surface area (Å²) in [6, 6.07) is 10.8. The fourth-order valence-electron chi connectivity index (χ4n) is 4.16. The Morgan fingerprint density at radius 3 is 2.63 bits per heavy atom. The monoisotopic (exact) mass is 427 g/mol. The zero-order chi connectivity index (χ0) is 21.1. The highest BCUT2D eigenvalue weighted by Crippen LogP contribution is 2.39. The third kappa shape index (κ3) is 4.19. The van der Waals surface area contributed by atoms with E-state index in [1.807, 2.05) is 36.6 Å². The molecule has 1 aromatic heterocycles. The molecular formula is C23H27N2O4S+. The third-order valence-electron chi connectivity index (χ3n) is 5.82. The van der Waals surface area contributed by atoms with Gasteiger partial charge in [0, 0.05) is 13.0 Å². The van der Waals surface area contributed by atoms with Gasteiger partial charge < -0.3 is 19.6 Å². The average Bonchev–Trinajstić information content (AvgIpc) is 3.38. The second kappa shape index (κ2) is 9.12.